The Morgan fingerprint density at radius 2 is 2.26 bits per heavy atom. The first-order valence-electron chi connectivity index (χ1n) is 6.28. The number of amides is 1. The Morgan fingerprint density at radius 3 is 2.89 bits per heavy atom. The van der Waals surface area contributed by atoms with Crippen molar-refractivity contribution >= 4 is 35.1 Å². The van der Waals surface area contributed by atoms with Gasteiger partial charge < -0.3 is 10.6 Å². The molecule has 1 aromatic heterocycles. The monoisotopic (exact) mass is 301 g/mol. The molecule has 0 fully saturated rings. The largest absolute Gasteiger partial charge is 0.370 e. The number of halogens is 1. The Kier molecular flexibility index (Phi) is 7.02. The van der Waals surface area contributed by atoms with E-state index in [-0.39, 0.29) is 17.6 Å². The van der Waals surface area contributed by atoms with E-state index in [1.165, 1.54) is 0 Å². The molecule has 0 aliphatic heterocycles. The summed E-state index contributed by atoms with van der Waals surface area (Å²) < 4.78 is 0. The van der Waals surface area contributed by atoms with Crippen LogP contribution in [0.1, 0.15) is 30.8 Å². The first kappa shape index (κ1) is 16.1. The molecule has 1 unspecified atom stereocenters. The van der Waals surface area contributed by atoms with Gasteiger partial charge in [-0.3, -0.25) is 4.79 Å². The van der Waals surface area contributed by atoms with Gasteiger partial charge >= 0.3 is 0 Å². The molecule has 0 aliphatic rings. The summed E-state index contributed by atoms with van der Waals surface area (Å²) in [5, 5.41) is 6.40. The molecule has 0 spiro atoms. The van der Waals surface area contributed by atoms with E-state index in [0.717, 1.165) is 18.7 Å². The van der Waals surface area contributed by atoms with Crippen LogP contribution in [-0.2, 0) is 0 Å². The minimum atomic E-state index is -0.230. The average molecular weight is 302 g/mol. The number of thioether (sulfide) groups is 1. The third kappa shape index (κ3) is 5.28. The first-order chi connectivity index (χ1) is 9.08. The smallest absolute Gasteiger partial charge is 0.271 e. The molecule has 0 bridgehead atoms. The second kappa shape index (κ2) is 8.27. The topological polar surface area (TPSA) is 54.0 Å². The minimum absolute atomic E-state index is 0.0904. The van der Waals surface area contributed by atoms with Crippen LogP contribution in [0, 0.1) is 0 Å². The summed E-state index contributed by atoms with van der Waals surface area (Å²) in [5.74, 6) is 1.30. The van der Waals surface area contributed by atoms with Gasteiger partial charge in [0.2, 0.25) is 0 Å². The number of pyridine rings is 1. The fraction of sp³-hybridized carbons (Fsp3) is 0.538. The number of carbonyl (C=O) groups excluding carboxylic acids is 1. The zero-order chi connectivity index (χ0) is 14.3. The number of hydrogen-bond acceptors (Lipinski definition) is 4. The van der Waals surface area contributed by atoms with Gasteiger partial charge in [-0.15, -0.1) is 0 Å². The SMILES string of the molecule is CCCNc1ccc(Cl)c(C(=O)NC(C)CSC)n1. The quantitative estimate of drug-likeness (QED) is 0.813. The van der Waals surface area contributed by atoms with Crippen molar-refractivity contribution in [3.05, 3.63) is 22.8 Å². The van der Waals surface area contributed by atoms with Gasteiger partial charge in [-0.2, -0.15) is 11.8 Å². The van der Waals surface area contributed by atoms with E-state index in [9.17, 15) is 4.79 Å². The molecule has 4 nitrogen and oxygen atoms in total. The minimum Gasteiger partial charge on any atom is -0.370 e. The lowest BCUT2D eigenvalue weighted by Crippen LogP contribution is -2.35. The summed E-state index contributed by atoms with van der Waals surface area (Å²) >= 11 is 7.71. The molecular weight excluding hydrogens is 282 g/mol. The van der Waals surface area contributed by atoms with Gasteiger partial charge in [0.1, 0.15) is 11.5 Å². The maximum Gasteiger partial charge on any atom is 0.271 e. The van der Waals surface area contributed by atoms with E-state index in [2.05, 4.69) is 22.5 Å². The molecule has 1 atom stereocenters. The van der Waals surface area contributed by atoms with Crippen molar-refractivity contribution in [2.75, 3.05) is 23.9 Å². The van der Waals surface area contributed by atoms with Crippen molar-refractivity contribution in [1.82, 2.24) is 10.3 Å². The van der Waals surface area contributed by atoms with Crippen LogP contribution in [0.4, 0.5) is 5.82 Å². The van der Waals surface area contributed by atoms with E-state index < -0.39 is 0 Å². The predicted octanol–water partition coefficient (Wildman–Crippen LogP) is 3.04. The number of carbonyl (C=O) groups is 1. The van der Waals surface area contributed by atoms with E-state index >= 15 is 0 Å². The van der Waals surface area contributed by atoms with Gasteiger partial charge in [0, 0.05) is 18.3 Å². The van der Waals surface area contributed by atoms with Gasteiger partial charge in [0.05, 0.1) is 5.02 Å². The van der Waals surface area contributed by atoms with Gasteiger partial charge in [0.25, 0.3) is 5.91 Å². The Hall–Kier alpha value is -0.940. The number of nitrogens with zero attached hydrogens (tertiary/aromatic N) is 1. The van der Waals surface area contributed by atoms with Crippen molar-refractivity contribution in [2.24, 2.45) is 0 Å². The van der Waals surface area contributed by atoms with Crippen LogP contribution in [0.2, 0.25) is 5.02 Å². The van der Waals surface area contributed by atoms with Crippen LogP contribution in [0.25, 0.3) is 0 Å². The number of rotatable bonds is 7. The second-order valence-corrected chi connectivity index (χ2v) is 5.60. The zero-order valence-electron chi connectivity index (χ0n) is 11.5. The Balaban J connectivity index is 2.77. The predicted molar refractivity (Wildman–Crippen MR) is 83.3 cm³/mol. The molecule has 0 aromatic carbocycles. The number of anilines is 1. The van der Waals surface area contributed by atoms with E-state index in [1.54, 1.807) is 23.9 Å². The number of nitrogens with one attached hydrogen (secondary N) is 2. The standard InChI is InChI=1S/C13H20ClN3OS/c1-4-7-15-11-6-5-10(14)12(17-11)13(18)16-9(2)8-19-3/h5-6,9H,4,7-8H2,1-3H3,(H,15,17)(H,16,18). The number of hydrogen-bond donors (Lipinski definition) is 2. The van der Waals surface area contributed by atoms with Gasteiger partial charge in [-0.25, -0.2) is 4.98 Å². The van der Waals surface area contributed by atoms with Crippen molar-refractivity contribution in [1.29, 1.82) is 0 Å². The summed E-state index contributed by atoms with van der Waals surface area (Å²) in [4.78, 5) is 16.3. The summed E-state index contributed by atoms with van der Waals surface area (Å²) in [6.45, 7) is 4.85. The van der Waals surface area contributed by atoms with Crippen LogP contribution in [-0.4, -0.2) is 35.5 Å². The molecule has 0 radical (unpaired) electrons. The summed E-state index contributed by atoms with van der Waals surface area (Å²) in [7, 11) is 0. The third-order valence-electron chi connectivity index (χ3n) is 2.41. The molecule has 0 saturated heterocycles. The van der Waals surface area contributed by atoms with Gasteiger partial charge in [-0.05, 0) is 31.7 Å². The lowest BCUT2D eigenvalue weighted by atomic mass is 10.3. The molecule has 0 aliphatic carbocycles. The van der Waals surface area contributed by atoms with Crippen molar-refractivity contribution in [3.63, 3.8) is 0 Å². The Morgan fingerprint density at radius 1 is 1.53 bits per heavy atom. The first-order valence-corrected chi connectivity index (χ1v) is 8.05. The summed E-state index contributed by atoms with van der Waals surface area (Å²) in [5.41, 5.74) is 0.274. The Labute approximate surface area is 123 Å². The lowest BCUT2D eigenvalue weighted by Gasteiger charge is -2.13. The molecule has 6 heteroatoms. The van der Waals surface area contributed by atoms with Crippen LogP contribution in [0.3, 0.4) is 0 Å². The molecule has 19 heavy (non-hydrogen) atoms. The lowest BCUT2D eigenvalue weighted by molar-refractivity contribution is 0.0939. The van der Waals surface area contributed by atoms with Crippen LogP contribution >= 0.6 is 23.4 Å². The third-order valence-corrected chi connectivity index (χ3v) is 3.55. The molecular formula is C13H20ClN3OS. The molecule has 1 amide bonds. The van der Waals surface area contributed by atoms with Gasteiger partial charge in [-0.1, -0.05) is 18.5 Å². The molecule has 0 saturated carbocycles. The molecule has 106 valence electrons. The van der Waals surface area contributed by atoms with E-state index in [0.29, 0.717) is 10.8 Å². The highest BCUT2D eigenvalue weighted by molar-refractivity contribution is 7.98. The second-order valence-electron chi connectivity index (χ2n) is 4.28. The van der Waals surface area contributed by atoms with E-state index in [4.69, 9.17) is 11.6 Å². The highest BCUT2D eigenvalue weighted by Gasteiger charge is 2.15. The molecule has 2 N–H and O–H groups in total. The normalized spacial score (nSPS) is 12.0. The zero-order valence-corrected chi connectivity index (χ0v) is 13.1. The fourth-order valence-corrected chi connectivity index (χ4v) is 2.31. The van der Waals surface area contributed by atoms with E-state index in [1.807, 2.05) is 13.2 Å². The maximum absolute atomic E-state index is 12.1. The van der Waals surface area contributed by atoms with Crippen LogP contribution in [0.15, 0.2) is 12.1 Å². The maximum atomic E-state index is 12.1. The molecule has 1 heterocycles. The van der Waals surface area contributed by atoms with Crippen molar-refractivity contribution in [2.45, 2.75) is 26.3 Å². The van der Waals surface area contributed by atoms with Crippen LogP contribution in [0.5, 0.6) is 0 Å². The Bertz CT molecular complexity index is 428. The highest BCUT2D eigenvalue weighted by Crippen LogP contribution is 2.17. The summed E-state index contributed by atoms with van der Waals surface area (Å²) in [6.07, 6.45) is 3.00. The summed E-state index contributed by atoms with van der Waals surface area (Å²) in [6, 6.07) is 3.56. The van der Waals surface area contributed by atoms with Crippen molar-refractivity contribution < 1.29 is 4.79 Å². The molecule has 1 rings (SSSR count). The van der Waals surface area contributed by atoms with Gasteiger partial charge in [0.15, 0.2) is 0 Å². The highest BCUT2D eigenvalue weighted by atomic mass is 35.5. The van der Waals surface area contributed by atoms with Crippen molar-refractivity contribution in [3.8, 4) is 0 Å². The number of aromatic nitrogens is 1. The fourth-order valence-electron chi connectivity index (χ4n) is 1.54. The average Bonchev–Trinajstić information content (AvgIpc) is 2.37. The van der Waals surface area contributed by atoms with Crippen LogP contribution < -0.4 is 10.6 Å². The molecule has 1 aromatic rings.